The Morgan fingerprint density at radius 1 is 1.03 bits per heavy atom. The van der Waals surface area contributed by atoms with E-state index in [1.165, 1.54) is 16.8 Å². The second-order valence-electron chi connectivity index (χ2n) is 8.53. The van der Waals surface area contributed by atoms with Crippen molar-refractivity contribution < 1.29 is 9.26 Å². The number of methoxy groups -OCH3 is 1. The summed E-state index contributed by atoms with van der Waals surface area (Å²) in [7, 11) is 1.67. The zero-order chi connectivity index (χ0) is 22.3. The molecule has 0 saturated carbocycles. The van der Waals surface area contributed by atoms with Crippen LogP contribution in [0.3, 0.4) is 0 Å². The number of hydrogen-bond acceptors (Lipinski definition) is 6. The molecular formula is C26H34N4O2. The lowest BCUT2D eigenvalue weighted by molar-refractivity contribution is 0.253. The number of para-hydroxylation sites is 1. The van der Waals surface area contributed by atoms with E-state index in [0.717, 1.165) is 68.5 Å². The number of nitrogens with one attached hydrogen (secondary N) is 1. The van der Waals surface area contributed by atoms with Crippen LogP contribution < -0.4 is 15.0 Å². The van der Waals surface area contributed by atoms with Crippen molar-refractivity contribution >= 4 is 5.69 Å². The first kappa shape index (κ1) is 22.4. The predicted molar refractivity (Wildman–Crippen MR) is 129 cm³/mol. The topological polar surface area (TPSA) is 53.8 Å². The Balaban J connectivity index is 1.16. The molecule has 1 aromatic heterocycles. The minimum Gasteiger partial charge on any atom is -0.496 e. The van der Waals surface area contributed by atoms with Crippen LogP contribution in [0, 0.1) is 13.8 Å². The average Bonchev–Trinajstić information content (AvgIpc) is 3.28. The summed E-state index contributed by atoms with van der Waals surface area (Å²) in [6.45, 7) is 11.6. The fraction of sp³-hybridized carbons (Fsp3) is 0.423. The molecule has 0 aliphatic carbocycles. The van der Waals surface area contributed by atoms with Gasteiger partial charge in [0.2, 0.25) is 0 Å². The summed E-state index contributed by atoms with van der Waals surface area (Å²) in [5, 5.41) is 7.68. The summed E-state index contributed by atoms with van der Waals surface area (Å²) >= 11 is 0. The van der Waals surface area contributed by atoms with Gasteiger partial charge < -0.3 is 19.5 Å². The smallest absolute Gasteiger partial charge is 0.151 e. The molecule has 170 valence electrons. The molecule has 2 aromatic carbocycles. The molecule has 0 amide bonds. The predicted octanol–water partition coefficient (Wildman–Crippen LogP) is 4.27. The van der Waals surface area contributed by atoms with Gasteiger partial charge >= 0.3 is 0 Å². The number of piperazine rings is 1. The van der Waals surface area contributed by atoms with Crippen molar-refractivity contribution in [3.63, 3.8) is 0 Å². The highest BCUT2D eigenvalue weighted by Crippen LogP contribution is 2.29. The summed E-state index contributed by atoms with van der Waals surface area (Å²) < 4.78 is 10.9. The SMILES string of the molecule is COc1ccccc1-c1cc(CNCCCN2CCN(c3ccc(C)cc3C)CC2)on1. The number of nitrogens with zero attached hydrogens (tertiary/aromatic N) is 3. The van der Waals surface area contributed by atoms with Gasteiger partial charge in [-0.3, -0.25) is 4.90 Å². The van der Waals surface area contributed by atoms with Gasteiger partial charge in [-0.05, 0) is 57.1 Å². The van der Waals surface area contributed by atoms with Crippen LogP contribution in [0.25, 0.3) is 11.3 Å². The summed E-state index contributed by atoms with van der Waals surface area (Å²) in [5.74, 6) is 1.64. The van der Waals surface area contributed by atoms with E-state index in [2.05, 4.69) is 52.3 Å². The Morgan fingerprint density at radius 2 is 1.84 bits per heavy atom. The standard InChI is InChI=1S/C26H34N4O2/c1-20-9-10-25(21(2)17-20)30-15-13-29(14-16-30)12-6-11-27-19-22-18-24(28-32-22)23-7-4-5-8-26(23)31-3/h4-5,7-10,17-18,27H,6,11-16,19H2,1-3H3. The molecule has 0 bridgehead atoms. The third kappa shape index (κ3) is 5.50. The van der Waals surface area contributed by atoms with E-state index >= 15 is 0 Å². The number of aromatic nitrogens is 1. The largest absolute Gasteiger partial charge is 0.496 e. The van der Waals surface area contributed by atoms with Gasteiger partial charge in [-0.25, -0.2) is 0 Å². The van der Waals surface area contributed by atoms with Gasteiger partial charge in [-0.2, -0.15) is 0 Å². The van der Waals surface area contributed by atoms with Gasteiger partial charge in [-0.1, -0.05) is 35.0 Å². The fourth-order valence-corrected chi connectivity index (χ4v) is 4.39. The average molecular weight is 435 g/mol. The van der Waals surface area contributed by atoms with Crippen molar-refractivity contribution in [1.29, 1.82) is 0 Å². The van der Waals surface area contributed by atoms with Crippen molar-refractivity contribution in [2.24, 2.45) is 0 Å². The van der Waals surface area contributed by atoms with Crippen LogP contribution in [-0.2, 0) is 6.54 Å². The molecule has 6 nitrogen and oxygen atoms in total. The maximum Gasteiger partial charge on any atom is 0.151 e. The molecule has 3 aromatic rings. The van der Waals surface area contributed by atoms with E-state index in [1.54, 1.807) is 7.11 Å². The van der Waals surface area contributed by atoms with Crippen molar-refractivity contribution in [1.82, 2.24) is 15.4 Å². The lowest BCUT2D eigenvalue weighted by Gasteiger charge is -2.37. The third-order valence-corrected chi connectivity index (χ3v) is 6.13. The molecule has 1 aliphatic heterocycles. The van der Waals surface area contributed by atoms with Crippen LogP contribution in [0.1, 0.15) is 23.3 Å². The first-order valence-corrected chi connectivity index (χ1v) is 11.5. The van der Waals surface area contributed by atoms with Gasteiger partial charge in [0.15, 0.2) is 5.76 Å². The maximum absolute atomic E-state index is 5.50. The second kappa shape index (κ2) is 10.7. The maximum atomic E-state index is 5.50. The quantitative estimate of drug-likeness (QED) is 0.508. The third-order valence-electron chi connectivity index (χ3n) is 6.13. The van der Waals surface area contributed by atoms with Gasteiger partial charge in [-0.15, -0.1) is 0 Å². The first-order chi connectivity index (χ1) is 15.6. The van der Waals surface area contributed by atoms with Crippen molar-refractivity contribution in [2.45, 2.75) is 26.8 Å². The Labute approximate surface area is 191 Å². The zero-order valence-corrected chi connectivity index (χ0v) is 19.4. The van der Waals surface area contributed by atoms with Gasteiger partial charge in [0, 0.05) is 43.5 Å². The second-order valence-corrected chi connectivity index (χ2v) is 8.53. The Morgan fingerprint density at radius 3 is 2.62 bits per heavy atom. The van der Waals surface area contributed by atoms with Crippen LogP contribution in [0.5, 0.6) is 5.75 Å². The summed E-state index contributed by atoms with van der Waals surface area (Å²) in [4.78, 5) is 5.09. The van der Waals surface area contributed by atoms with E-state index in [1.807, 2.05) is 30.3 Å². The van der Waals surface area contributed by atoms with E-state index in [-0.39, 0.29) is 0 Å². The zero-order valence-electron chi connectivity index (χ0n) is 19.4. The van der Waals surface area contributed by atoms with E-state index < -0.39 is 0 Å². The molecule has 0 atom stereocenters. The minimum atomic E-state index is 0.683. The highest BCUT2D eigenvalue weighted by molar-refractivity contribution is 5.66. The summed E-state index contributed by atoms with van der Waals surface area (Å²) in [5.41, 5.74) is 5.85. The number of aryl methyl sites for hydroxylation is 2. The molecule has 32 heavy (non-hydrogen) atoms. The number of anilines is 1. The molecule has 0 radical (unpaired) electrons. The summed E-state index contributed by atoms with van der Waals surface area (Å²) in [6.07, 6.45) is 1.12. The highest BCUT2D eigenvalue weighted by atomic mass is 16.5. The Kier molecular flexibility index (Phi) is 7.45. The number of rotatable bonds is 9. The van der Waals surface area contributed by atoms with E-state index in [0.29, 0.717) is 6.54 Å². The molecule has 1 fully saturated rings. The monoisotopic (exact) mass is 434 g/mol. The lowest BCUT2D eigenvalue weighted by Crippen LogP contribution is -2.47. The fourth-order valence-electron chi connectivity index (χ4n) is 4.39. The molecule has 4 rings (SSSR count). The Hall–Kier alpha value is -2.83. The van der Waals surface area contributed by atoms with Crippen molar-refractivity contribution in [3.05, 3.63) is 65.4 Å². The molecule has 6 heteroatoms. The molecule has 0 spiro atoms. The number of hydrogen-bond donors (Lipinski definition) is 1. The molecule has 1 N–H and O–H groups in total. The van der Waals surface area contributed by atoms with Crippen LogP contribution >= 0.6 is 0 Å². The van der Waals surface area contributed by atoms with Gasteiger partial charge in [0.1, 0.15) is 11.4 Å². The van der Waals surface area contributed by atoms with Gasteiger partial charge in [0.05, 0.1) is 13.7 Å². The minimum absolute atomic E-state index is 0.683. The lowest BCUT2D eigenvalue weighted by atomic mass is 10.1. The van der Waals surface area contributed by atoms with Crippen molar-refractivity contribution in [3.8, 4) is 17.0 Å². The molecular weight excluding hydrogens is 400 g/mol. The van der Waals surface area contributed by atoms with Crippen LogP contribution in [0.4, 0.5) is 5.69 Å². The molecule has 2 heterocycles. The Bertz CT molecular complexity index is 1010. The number of benzene rings is 2. The number of ether oxygens (including phenoxy) is 1. The van der Waals surface area contributed by atoms with E-state index in [4.69, 9.17) is 9.26 Å². The first-order valence-electron chi connectivity index (χ1n) is 11.5. The molecule has 1 saturated heterocycles. The van der Waals surface area contributed by atoms with Crippen molar-refractivity contribution in [2.75, 3.05) is 51.3 Å². The van der Waals surface area contributed by atoms with Gasteiger partial charge in [0.25, 0.3) is 0 Å². The van der Waals surface area contributed by atoms with E-state index in [9.17, 15) is 0 Å². The molecule has 0 unspecified atom stereocenters. The van der Waals surface area contributed by atoms with Crippen LogP contribution in [0.2, 0.25) is 0 Å². The normalized spacial score (nSPS) is 14.7. The van der Waals surface area contributed by atoms with Crippen LogP contribution in [0.15, 0.2) is 53.1 Å². The van der Waals surface area contributed by atoms with Crippen LogP contribution in [-0.4, -0.2) is 56.4 Å². The molecule has 1 aliphatic rings. The summed E-state index contributed by atoms with van der Waals surface area (Å²) in [6, 6.07) is 16.6. The highest BCUT2D eigenvalue weighted by Gasteiger charge is 2.18.